The second kappa shape index (κ2) is 10.4. The van der Waals surface area contributed by atoms with Crippen molar-refractivity contribution < 1.29 is 19.1 Å². The van der Waals surface area contributed by atoms with Crippen molar-refractivity contribution in [2.24, 2.45) is 18.2 Å². The fraction of sp³-hybridized carbons (Fsp3) is 0.690. The highest BCUT2D eigenvalue weighted by atomic mass is 16.5. The van der Waals surface area contributed by atoms with Gasteiger partial charge in [0.05, 0.1) is 24.2 Å². The lowest BCUT2D eigenvalue weighted by molar-refractivity contribution is -0.129. The number of aryl methyl sites for hydroxylation is 1. The van der Waals surface area contributed by atoms with Crippen LogP contribution in [0.4, 0.5) is 0 Å². The molecule has 11 heteroatoms. The third-order valence-electron chi connectivity index (χ3n) is 9.66. The third-order valence-corrected chi connectivity index (χ3v) is 9.66. The van der Waals surface area contributed by atoms with Crippen molar-refractivity contribution in [1.29, 1.82) is 0 Å². The molecular weight excluding hydrogens is 512 g/mol. The molecule has 2 aliphatic heterocycles. The van der Waals surface area contributed by atoms with E-state index in [0.717, 1.165) is 32.2 Å². The van der Waals surface area contributed by atoms with Crippen molar-refractivity contribution >= 4 is 22.7 Å². The number of carbonyl (C=O) groups excluding carboxylic acids is 2. The number of likely N-dealkylation sites (N-methyl/N-ethyl adjacent to an activating group) is 1. The Morgan fingerprint density at radius 2 is 1.93 bits per heavy atom. The van der Waals surface area contributed by atoms with Crippen LogP contribution in [0.1, 0.15) is 87.8 Å². The van der Waals surface area contributed by atoms with E-state index in [9.17, 15) is 14.4 Å². The minimum absolute atomic E-state index is 0.0140. The molecular formula is C29H40N6O5. The van der Waals surface area contributed by atoms with Crippen LogP contribution in [0.3, 0.4) is 0 Å². The van der Waals surface area contributed by atoms with Crippen LogP contribution in [0.15, 0.2) is 16.1 Å². The lowest BCUT2D eigenvalue weighted by atomic mass is 9.64. The Kier molecular flexibility index (Phi) is 7.06. The van der Waals surface area contributed by atoms with E-state index in [-0.39, 0.29) is 41.4 Å². The molecule has 2 N–H and O–H groups in total. The van der Waals surface area contributed by atoms with E-state index in [1.807, 2.05) is 6.92 Å². The van der Waals surface area contributed by atoms with Gasteiger partial charge in [-0.2, -0.15) is 4.98 Å². The van der Waals surface area contributed by atoms with E-state index in [1.54, 1.807) is 11.6 Å². The number of ether oxygens (including phenoxy) is 2. The van der Waals surface area contributed by atoms with Gasteiger partial charge in [0.1, 0.15) is 12.4 Å². The highest BCUT2D eigenvalue weighted by Gasteiger charge is 2.46. The molecule has 1 spiro atoms. The largest absolute Gasteiger partial charge is 0.474 e. The summed E-state index contributed by atoms with van der Waals surface area (Å²) in [5.41, 5.74) is 7.29. The monoisotopic (exact) mass is 552 g/mol. The Morgan fingerprint density at radius 3 is 2.62 bits per heavy atom. The smallest absolute Gasteiger partial charge is 0.330 e. The molecule has 216 valence electrons. The molecule has 6 rings (SSSR count). The maximum absolute atomic E-state index is 14.1. The van der Waals surface area contributed by atoms with Crippen LogP contribution >= 0.6 is 0 Å². The van der Waals surface area contributed by atoms with Crippen molar-refractivity contribution in [3.8, 4) is 5.88 Å². The number of ketones is 2. The molecule has 40 heavy (non-hydrogen) atoms. The number of fused-ring (bicyclic) bond motifs is 1. The van der Waals surface area contributed by atoms with Crippen LogP contribution in [-0.2, 0) is 16.6 Å². The summed E-state index contributed by atoms with van der Waals surface area (Å²) in [6.07, 6.45) is 7.59. The molecule has 4 atom stereocenters. The summed E-state index contributed by atoms with van der Waals surface area (Å²) < 4.78 is 15.2. The summed E-state index contributed by atoms with van der Waals surface area (Å²) in [5.74, 6) is -0.0857. The second-order valence-electron chi connectivity index (χ2n) is 12.1. The van der Waals surface area contributed by atoms with Gasteiger partial charge in [0.25, 0.3) is 0 Å². The maximum Gasteiger partial charge on any atom is 0.330 e. The molecule has 2 saturated heterocycles. The minimum Gasteiger partial charge on any atom is -0.474 e. The van der Waals surface area contributed by atoms with Crippen LogP contribution in [0.5, 0.6) is 5.88 Å². The van der Waals surface area contributed by atoms with Crippen LogP contribution in [0.2, 0.25) is 0 Å². The molecule has 4 heterocycles. The lowest BCUT2D eigenvalue weighted by Gasteiger charge is -2.40. The van der Waals surface area contributed by atoms with Gasteiger partial charge in [0.15, 0.2) is 11.2 Å². The predicted molar refractivity (Wildman–Crippen MR) is 148 cm³/mol. The summed E-state index contributed by atoms with van der Waals surface area (Å²) in [6.45, 7) is 3.76. The molecule has 2 aliphatic carbocycles. The molecule has 0 bridgehead atoms. The Labute approximate surface area is 233 Å². The molecule has 3 fully saturated rings. The molecule has 0 aromatic carbocycles. The highest BCUT2D eigenvalue weighted by Crippen LogP contribution is 2.47. The van der Waals surface area contributed by atoms with Gasteiger partial charge in [-0.05, 0) is 71.9 Å². The fourth-order valence-corrected chi connectivity index (χ4v) is 7.24. The van der Waals surface area contributed by atoms with Crippen molar-refractivity contribution in [2.45, 2.75) is 89.3 Å². The molecule has 0 amide bonds. The average molecular weight is 553 g/mol. The number of nitrogens with zero attached hydrogens (tertiary/aromatic N) is 5. The maximum atomic E-state index is 14.1. The van der Waals surface area contributed by atoms with E-state index in [1.165, 1.54) is 4.57 Å². The first-order chi connectivity index (χ1) is 19.2. The zero-order chi connectivity index (χ0) is 28.2. The van der Waals surface area contributed by atoms with E-state index >= 15 is 0 Å². The number of Topliss-reactive ketones (excluding diaryl/α,β-unsaturated/α-hetero) is 2. The number of carbonyl (C=O) groups is 2. The molecule has 2 aromatic heterocycles. The first-order valence-electron chi connectivity index (χ1n) is 14.7. The van der Waals surface area contributed by atoms with Gasteiger partial charge in [0, 0.05) is 30.8 Å². The fourth-order valence-electron chi connectivity index (χ4n) is 7.24. The van der Waals surface area contributed by atoms with E-state index in [2.05, 4.69) is 16.9 Å². The number of hydrogen-bond acceptors (Lipinski definition) is 9. The lowest BCUT2D eigenvalue weighted by Crippen LogP contribution is -2.42. The van der Waals surface area contributed by atoms with E-state index < -0.39 is 11.2 Å². The van der Waals surface area contributed by atoms with Gasteiger partial charge in [-0.25, -0.2) is 9.78 Å². The van der Waals surface area contributed by atoms with Crippen LogP contribution in [0, 0.1) is 5.41 Å². The first kappa shape index (κ1) is 27.1. The summed E-state index contributed by atoms with van der Waals surface area (Å²) >= 11 is 0. The number of aromatic nitrogens is 4. The molecule has 11 nitrogen and oxygen atoms in total. The number of hydrogen-bond donors (Lipinski definition) is 1. The summed E-state index contributed by atoms with van der Waals surface area (Å²) in [5, 5.41) is 0. The van der Waals surface area contributed by atoms with Crippen molar-refractivity contribution in [1.82, 2.24) is 24.0 Å². The Hall–Kier alpha value is -3.05. The quantitative estimate of drug-likeness (QED) is 0.537. The van der Waals surface area contributed by atoms with Crippen molar-refractivity contribution in [2.75, 3.05) is 26.8 Å². The van der Waals surface area contributed by atoms with Gasteiger partial charge < -0.3 is 20.1 Å². The van der Waals surface area contributed by atoms with Crippen LogP contribution in [0.25, 0.3) is 11.2 Å². The van der Waals surface area contributed by atoms with Crippen molar-refractivity contribution in [3.63, 3.8) is 0 Å². The van der Waals surface area contributed by atoms with Crippen molar-refractivity contribution in [3.05, 3.63) is 27.6 Å². The predicted octanol–water partition coefficient (Wildman–Crippen LogP) is 2.66. The van der Waals surface area contributed by atoms with Gasteiger partial charge in [-0.15, -0.1) is 0 Å². The SMILES string of the molecule is C[C@H]1C[C@@H](n2c(=O)n(C)c3c(OC[C@@H]4CCCN4C)nc(C(=O)C4=C(N)[C@]5(CCCCC5=O)CCC4)nc32)CO1. The molecule has 1 saturated carbocycles. The van der Waals surface area contributed by atoms with Gasteiger partial charge in [-0.3, -0.25) is 18.7 Å². The third kappa shape index (κ3) is 4.38. The first-order valence-corrected chi connectivity index (χ1v) is 14.7. The second-order valence-corrected chi connectivity index (χ2v) is 12.1. The molecule has 0 unspecified atom stereocenters. The van der Waals surface area contributed by atoms with Gasteiger partial charge >= 0.3 is 5.69 Å². The normalized spacial score (nSPS) is 29.7. The Bertz CT molecular complexity index is 1440. The summed E-state index contributed by atoms with van der Waals surface area (Å²) in [6, 6.07) is 0.0150. The van der Waals surface area contributed by atoms with Crippen LogP contribution in [-0.4, -0.2) is 74.5 Å². The number of rotatable bonds is 6. The Morgan fingerprint density at radius 1 is 1.12 bits per heavy atom. The number of imidazole rings is 1. The van der Waals surface area contributed by atoms with E-state index in [0.29, 0.717) is 74.2 Å². The number of allylic oxidation sites excluding steroid dienone is 2. The van der Waals surface area contributed by atoms with Crippen LogP contribution < -0.4 is 16.2 Å². The Balaban J connectivity index is 1.46. The number of nitrogens with two attached hydrogens (primary N) is 1. The minimum atomic E-state index is -0.760. The van der Waals surface area contributed by atoms with Gasteiger partial charge in [-0.1, -0.05) is 6.42 Å². The standard InChI is InChI=1S/C29H40N6O5/c1-17-14-19(16-39-17)35-26-22(34(3)28(35)38)27(40-15-18-8-7-13-33(18)2)32-25(31-26)23(37)20-9-6-12-29(24(20)30)11-5-4-10-21(29)36/h17-19H,4-16,30H2,1-3H3/t17-,18-,19+,29+/m0/s1. The zero-order valence-electron chi connectivity index (χ0n) is 23.8. The zero-order valence-corrected chi connectivity index (χ0v) is 23.8. The molecule has 2 aromatic rings. The molecule has 4 aliphatic rings. The highest BCUT2D eigenvalue weighted by molar-refractivity contribution is 6.08. The average Bonchev–Trinajstić information content (AvgIpc) is 3.62. The van der Waals surface area contributed by atoms with Gasteiger partial charge in [0.2, 0.25) is 17.5 Å². The summed E-state index contributed by atoms with van der Waals surface area (Å²) in [4.78, 5) is 52.2. The summed E-state index contributed by atoms with van der Waals surface area (Å²) in [7, 11) is 3.75. The molecule has 0 radical (unpaired) electrons. The number of likely N-dealkylation sites (tertiary alicyclic amines) is 1. The topological polar surface area (TPSA) is 135 Å². The van der Waals surface area contributed by atoms with E-state index in [4.69, 9.17) is 20.2 Å².